The summed E-state index contributed by atoms with van der Waals surface area (Å²) in [4.78, 5) is 0. The Hall–Kier alpha value is -2.21. The number of nitrogens with two attached hydrogens (primary N) is 1. The molecular weight excluding hydrogens is 330 g/mol. The van der Waals surface area contributed by atoms with Crippen molar-refractivity contribution in [3.8, 4) is 17.1 Å². The largest absolute Gasteiger partial charge is 0.398 e. The number of halogens is 1. The van der Waals surface area contributed by atoms with E-state index in [1.807, 2.05) is 50.2 Å². The summed E-state index contributed by atoms with van der Waals surface area (Å²) in [6, 6.07) is 11.8. The number of nitrogen functional groups attached to an aromatic ring is 1. The van der Waals surface area contributed by atoms with Gasteiger partial charge in [0.2, 0.25) is 0 Å². The first-order valence-corrected chi connectivity index (χ1v) is 7.28. The average Bonchev–Trinajstić information content (AvgIpc) is 2.94. The quantitative estimate of drug-likeness (QED) is 0.725. The van der Waals surface area contributed by atoms with Gasteiger partial charge in [0, 0.05) is 15.7 Å². The highest BCUT2D eigenvalue weighted by atomic mass is 79.9. The Balaban J connectivity index is 2.22. The zero-order valence-electron chi connectivity index (χ0n) is 11.7. The number of hydrogen-bond acceptors (Lipinski definition) is 4. The van der Waals surface area contributed by atoms with Crippen LogP contribution in [0.1, 0.15) is 11.1 Å². The molecule has 6 heteroatoms. The molecular formula is C15H14BrN5. The number of aromatic nitrogens is 4. The van der Waals surface area contributed by atoms with Crippen LogP contribution in [0.4, 0.5) is 5.69 Å². The first kappa shape index (κ1) is 13.8. The van der Waals surface area contributed by atoms with Gasteiger partial charge in [0.15, 0.2) is 5.82 Å². The molecule has 0 unspecified atom stereocenters. The molecule has 21 heavy (non-hydrogen) atoms. The van der Waals surface area contributed by atoms with Crippen molar-refractivity contribution in [3.05, 3.63) is 52.0 Å². The molecule has 1 aromatic heterocycles. The normalized spacial score (nSPS) is 10.8. The Morgan fingerprint density at radius 1 is 1.05 bits per heavy atom. The lowest BCUT2D eigenvalue weighted by molar-refractivity contribution is 0.788. The highest BCUT2D eigenvalue weighted by Crippen LogP contribution is 2.30. The molecule has 0 fully saturated rings. The zero-order chi connectivity index (χ0) is 15.0. The van der Waals surface area contributed by atoms with Gasteiger partial charge in [0.05, 0.1) is 5.69 Å². The van der Waals surface area contributed by atoms with Gasteiger partial charge in [-0.2, -0.15) is 4.68 Å². The highest BCUT2D eigenvalue weighted by Gasteiger charge is 2.16. The SMILES string of the molecule is Cc1cccc(-c2nnnn2-c2cccc(C)c2Br)c1N. The molecule has 5 nitrogen and oxygen atoms in total. The summed E-state index contributed by atoms with van der Waals surface area (Å²) in [5.74, 6) is 0.627. The molecule has 106 valence electrons. The van der Waals surface area contributed by atoms with Crippen molar-refractivity contribution in [2.24, 2.45) is 0 Å². The van der Waals surface area contributed by atoms with E-state index in [1.165, 1.54) is 0 Å². The van der Waals surface area contributed by atoms with Gasteiger partial charge < -0.3 is 5.73 Å². The molecule has 1 heterocycles. The minimum absolute atomic E-state index is 0.627. The number of benzene rings is 2. The number of tetrazole rings is 1. The number of anilines is 1. The van der Waals surface area contributed by atoms with Gasteiger partial charge in [-0.15, -0.1) is 5.10 Å². The van der Waals surface area contributed by atoms with E-state index < -0.39 is 0 Å². The van der Waals surface area contributed by atoms with Crippen LogP contribution in [0.15, 0.2) is 40.9 Å². The van der Waals surface area contributed by atoms with Crippen LogP contribution in [-0.2, 0) is 0 Å². The van der Waals surface area contributed by atoms with Crippen molar-refractivity contribution in [2.75, 3.05) is 5.73 Å². The van der Waals surface area contributed by atoms with Gasteiger partial charge in [-0.1, -0.05) is 24.3 Å². The van der Waals surface area contributed by atoms with Crippen LogP contribution in [0.5, 0.6) is 0 Å². The van der Waals surface area contributed by atoms with Gasteiger partial charge in [0.1, 0.15) is 0 Å². The fourth-order valence-electron chi connectivity index (χ4n) is 2.19. The van der Waals surface area contributed by atoms with E-state index in [4.69, 9.17) is 5.73 Å². The summed E-state index contributed by atoms with van der Waals surface area (Å²) in [5.41, 5.74) is 10.7. The summed E-state index contributed by atoms with van der Waals surface area (Å²) in [6.07, 6.45) is 0. The Bertz CT molecular complexity index is 744. The maximum atomic E-state index is 6.17. The van der Waals surface area contributed by atoms with E-state index in [1.54, 1.807) is 4.68 Å². The number of hydrogen-bond donors (Lipinski definition) is 1. The van der Waals surface area contributed by atoms with Crippen molar-refractivity contribution < 1.29 is 0 Å². The van der Waals surface area contributed by atoms with Gasteiger partial charge in [-0.05, 0) is 63.5 Å². The molecule has 2 N–H and O–H groups in total. The van der Waals surface area contributed by atoms with E-state index in [9.17, 15) is 0 Å². The van der Waals surface area contributed by atoms with Gasteiger partial charge in [0.25, 0.3) is 0 Å². The molecule has 0 amide bonds. The van der Waals surface area contributed by atoms with Crippen molar-refractivity contribution in [3.63, 3.8) is 0 Å². The number of nitrogens with zero attached hydrogens (tertiary/aromatic N) is 4. The molecule has 0 bridgehead atoms. The summed E-state index contributed by atoms with van der Waals surface area (Å²) in [5, 5.41) is 12.0. The average molecular weight is 344 g/mol. The van der Waals surface area contributed by atoms with Gasteiger partial charge in [-0.25, -0.2) is 0 Å². The fraction of sp³-hybridized carbons (Fsp3) is 0.133. The van der Waals surface area contributed by atoms with E-state index in [-0.39, 0.29) is 0 Å². The van der Waals surface area contributed by atoms with Crippen LogP contribution in [0.25, 0.3) is 17.1 Å². The van der Waals surface area contributed by atoms with Crippen LogP contribution in [0.2, 0.25) is 0 Å². The second-order valence-electron chi connectivity index (χ2n) is 4.86. The number of aryl methyl sites for hydroxylation is 2. The van der Waals surface area contributed by atoms with Crippen LogP contribution in [0.3, 0.4) is 0 Å². The first-order chi connectivity index (χ1) is 10.1. The molecule has 2 aromatic carbocycles. The van der Waals surface area contributed by atoms with E-state index in [0.717, 1.165) is 26.9 Å². The fourth-order valence-corrected chi connectivity index (χ4v) is 2.62. The standard InChI is InChI=1S/C15H14BrN5/c1-9-5-4-8-12(13(9)16)21-15(18-19-20-21)11-7-3-6-10(2)14(11)17/h3-8H,17H2,1-2H3. The minimum atomic E-state index is 0.627. The Labute approximate surface area is 130 Å². The topological polar surface area (TPSA) is 69.6 Å². The minimum Gasteiger partial charge on any atom is -0.398 e. The van der Waals surface area contributed by atoms with E-state index >= 15 is 0 Å². The third kappa shape index (κ3) is 2.31. The predicted octanol–water partition coefficient (Wildman–Crippen LogP) is 3.29. The number of rotatable bonds is 2. The summed E-state index contributed by atoms with van der Waals surface area (Å²) in [6.45, 7) is 3.99. The second kappa shape index (κ2) is 5.29. The molecule has 0 aliphatic carbocycles. The third-order valence-corrected chi connectivity index (χ3v) is 4.47. The van der Waals surface area contributed by atoms with Crippen molar-refractivity contribution >= 4 is 21.6 Å². The van der Waals surface area contributed by atoms with Crippen molar-refractivity contribution in [1.82, 2.24) is 20.2 Å². The lowest BCUT2D eigenvalue weighted by atomic mass is 10.1. The molecule has 0 saturated heterocycles. The molecule has 0 aliphatic heterocycles. The van der Waals surface area contributed by atoms with Crippen LogP contribution in [0, 0.1) is 13.8 Å². The van der Waals surface area contributed by atoms with Crippen molar-refractivity contribution in [1.29, 1.82) is 0 Å². The Morgan fingerprint density at radius 2 is 1.76 bits per heavy atom. The smallest absolute Gasteiger partial charge is 0.189 e. The van der Waals surface area contributed by atoms with Gasteiger partial charge in [-0.3, -0.25) is 0 Å². The van der Waals surface area contributed by atoms with Crippen LogP contribution in [-0.4, -0.2) is 20.2 Å². The molecule has 0 radical (unpaired) electrons. The third-order valence-electron chi connectivity index (χ3n) is 3.43. The maximum Gasteiger partial charge on any atom is 0.189 e. The Morgan fingerprint density at radius 3 is 2.57 bits per heavy atom. The molecule has 3 aromatic rings. The second-order valence-corrected chi connectivity index (χ2v) is 5.65. The molecule has 0 atom stereocenters. The highest BCUT2D eigenvalue weighted by molar-refractivity contribution is 9.10. The predicted molar refractivity (Wildman–Crippen MR) is 86.2 cm³/mol. The molecule has 0 saturated carbocycles. The van der Waals surface area contributed by atoms with E-state index in [0.29, 0.717) is 11.5 Å². The number of para-hydroxylation sites is 1. The van der Waals surface area contributed by atoms with Crippen molar-refractivity contribution in [2.45, 2.75) is 13.8 Å². The van der Waals surface area contributed by atoms with Crippen LogP contribution < -0.4 is 5.73 Å². The lowest BCUT2D eigenvalue weighted by Crippen LogP contribution is -2.03. The summed E-state index contributed by atoms with van der Waals surface area (Å²) in [7, 11) is 0. The Kier molecular flexibility index (Phi) is 3.47. The lowest BCUT2D eigenvalue weighted by Gasteiger charge is -2.11. The summed E-state index contributed by atoms with van der Waals surface area (Å²) >= 11 is 3.59. The van der Waals surface area contributed by atoms with Gasteiger partial charge >= 0.3 is 0 Å². The van der Waals surface area contributed by atoms with Crippen LogP contribution >= 0.6 is 15.9 Å². The monoisotopic (exact) mass is 343 g/mol. The zero-order valence-corrected chi connectivity index (χ0v) is 13.3. The van der Waals surface area contributed by atoms with E-state index in [2.05, 4.69) is 31.5 Å². The molecule has 0 aliphatic rings. The molecule has 3 rings (SSSR count). The summed E-state index contributed by atoms with van der Waals surface area (Å²) < 4.78 is 2.66. The molecule has 0 spiro atoms. The maximum absolute atomic E-state index is 6.17. The first-order valence-electron chi connectivity index (χ1n) is 6.49.